The van der Waals surface area contributed by atoms with Crippen molar-refractivity contribution in [2.24, 2.45) is 7.05 Å². The maximum atomic E-state index is 14.0. The SMILES string of the molecule is Cn1cc(C(=O)Nc2cc(Cl)cc(NS(C)(=O)=O)c2)cc1-c1ncc(F)cc1F. The van der Waals surface area contributed by atoms with E-state index in [0.29, 0.717) is 6.07 Å². The van der Waals surface area contributed by atoms with Gasteiger partial charge in [-0.2, -0.15) is 0 Å². The highest BCUT2D eigenvalue weighted by Crippen LogP contribution is 2.26. The van der Waals surface area contributed by atoms with Gasteiger partial charge in [0.1, 0.15) is 11.5 Å². The number of nitrogens with zero attached hydrogens (tertiary/aromatic N) is 2. The highest BCUT2D eigenvalue weighted by atomic mass is 35.5. The molecule has 2 heterocycles. The lowest BCUT2D eigenvalue weighted by molar-refractivity contribution is 0.102. The molecule has 0 saturated heterocycles. The lowest BCUT2D eigenvalue weighted by Crippen LogP contribution is -2.13. The van der Waals surface area contributed by atoms with Crippen LogP contribution in [-0.4, -0.2) is 30.1 Å². The van der Waals surface area contributed by atoms with Crippen LogP contribution < -0.4 is 10.0 Å². The van der Waals surface area contributed by atoms with Gasteiger partial charge in [0.2, 0.25) is 10.0 Å². The predicted molar refractivity (Wildman–Crippen MR) is 106 cm³/mol. The number of anilines is 2. The van der Waals surface area contributed by atoms with Crippen LogP contribution in [0.15, 0.2) is 42.7 Å². The number of rotatable bonds is 5. The summed E-state index contributed by atoms with van der Waals surface area (Å²) in [6, 6.07) is 6.34. The van der Waals surface area contributed by atoms with Gasteiger partial charge >= 0.3 is 0 Å². The molecular formula is C18H15ClF2N4O3S. The summed E-state index contributed by atoms with van der Waals surface area (Å²) in [6.07, 6.45) is 3.32. The predicted octanol–water partition coefficient (Wildman–Crippen LogP) is 3.64. The monoisotopic (exact) mass is 440 g/mol. The third-order valence-corrected chi connectivity index (χ3v) is 4.60. The zero-order valence-electron chi connectivity index (χ0n) is 15.2. The molecule has 7 nitrogen and oxygen atoms in total. The third-order valence-electron chi connectivity index (χ3n) is 3.78. The van der Waals surface area contributed by atoms with Crippen LogP contribution in [0, 0.1) is 11.6 Å². The van der Waals surface area contributed by atoms with Gasteiger partial charge in [-0.15, -0.1) is 0 Å². The molecule has 0 atom stereocenters. The molecule has 0 radical (unpaired) electrons. The second-order valence-corrected chi connectivity index (χ2v) is 8.45. The van der Waals surface area contributed by atoms with Gasteiger partial charge in [0, 0.05) is 30.0 Å². The van der Waals surface area contributed by atoms with Crippen LogP contribution in [-0.2, 0) is 17.1 Å². The van der Waals surface area contributed by atoms with Crippen molar-refractivity contribution in [1.82, 2.24) is 9.55 Å². The van der Waals surface area contributed by atoms with Gasteiger partial charge in [0.25, 0.3) is 5.91 Å². The summed E-state index contributed by atoms with van der Waals surface area (Å²) in [4.78, 5) is 16.3. The quantitative estimate of drug-likeness (QED) is 0.633. The molecule has 0 saturated carbocycles. The molecule has 0 aliphatic rings. The fraction of sp³-hybridized carbons (Fsp3) is 0.111. The Balaban J connectivity index is 1.87. The van der Waals surface area contributed by atoms with Crippen molar-refractivity contribution < 1.29 is 22.0 Å². The Labute approximate surface area is 170 Å². The van der Waals surface area contributed by atoms with E-state index < -0.39 is 27.6 Å². The van der Waals surface area contributed by atoms with Crippen LogP contribution >= 0.6 is 11.6 Å². The number of hydrogen-bond acceptors (Lipinski definition) is 4. The fourth-order valence-corrected chi connectivity index (χ4v) is 3.45. The fourth-order valence-electron chi connectivity index (χ4n) is 2.67. The number of aromatic nitrogens is 2. The van der Waals surface area contributed by atoms with Crippen molar-refractivity contribution in [2.45, 2.75) is 0 Å². The minimum atomic E-state index is -3.53. The van der Waals surface area contributed by atoms with Gasteiger partial charge in [0.05, 0.1) is 29.4 Å². The molecule has 3 rings (SSSR count). The van der Waals surface area contributed by atoms with Crippen molar-refractivity contribution in [3.63, 3.8) is 0 Å². The van der Waals surface area contributed by atoms with E-state index in [4.69, 9.17) is 11.6 Å². The maximum Gasteiger partial charge on any atom is 0.257 e. The number of pyridine rings is 1. The summed E-state index contributed by atoms with van der Waals surface area (Å²) in [5.41, 5.74) is 0.797. The molecule has 1 aromatic carbocycles. The standard InChI is InChI=1S/C18H15ClF2N4O3S/c1-25-9-10(3-16(25)17-15(21)6-12(20)8-22-17)18(26)23-13-4-11(19)5-14(7-13)24-29(2,27)28/h3-9,24H,1-2H3,(H,23,26). The Kier molecular flexibility index (Phi) is 5.58. The first-order valence-corrected chi connectivity index (χ1v) is 10.4. The largest absolute Gasteiger partial charge is 0.348 e. The van der Waals surface area contributed by atoms with Gasteiger partial charge in [-0.3, -0.25) is 9.52 Å². The summed E-state index contributed by atoms with van der Waals surface area (Å²) in [6.45, 7) is 0. The van der Waals surface area contributed by atoms with Gasteiger partial charge in [-0.1, -0.05) is 11.6 Å². The third kappa shape index (κ3) is 5.09. The number of sulfonamides is 1. The molecule has 152 valence electrons. The van der Waals surface area contributed by atoms with Gasteiger partial charge in [-0.25, -0.2) is 22.2 Å². The Morgan fingerprint density at radius 2 is 1.83 bits per heavy atom. The zero-order chi connectivity index (χ0) is 21.3. The Hall–Kier alpha value is -2.98. The first-order valence-electron chi connectivity index (χ1n) is 8.09. The molecule has 0 aliphatic carbocycles. The summed E-state index contributed by atoms with van der Waals surface area (Å²) >= 11 is 5.98. The number of benzene rings is 1. The van der Waals surface area contributed by atoms with Crippen LogP contribution in [0.4, 0.5) is 20.2 Å². The van der Waals surface area contributed by atoms with Crippen LogP contribution in [0.5, 0.6) is 0 Å². The Morgan fingerprint density at radius 3 is 2.48 bits per heavy atom. The van der Waals surface area contributed by atoms with Crippen molar-refractivity contribution in [3.8, 4) is 11.4 Å². The number of carbonyl (C=O) groups excluding carboxylic acids is 1. The molecular weight excluding hydrogens is 426 g/mol. The number of halogens is 3. The van der Waals surface area contributed by atoms with E-state index in [0.717, 1.165) is 12.5 Å². The summed E-state index contributed by atoms with van der Waals surface area (Å²) in [7, 11) is -1.94. The average Bonchev–Trinajstić information content (AvgIpc) is 2.94. The van der Waals surface area contributed by atoms with Gasteiger partial charge < -0.3 is 9.88 Å². The van der Waals surface area contributed by atoms with Crippen molar-refractivity contribution in [2.75, 3.05) is 16.3 Å². The second-order valence-electron chi connectivity index (χ2n) is 6.27. The number of aryl methyl sites for hydroxylation is 1. The van der Waals surface area contributed by atoms with E-state index in [1.54, 1.807) is 7.05 Å². The van der Waals surface area contributed by atoms with E-state index in [2.05, 4.69) is 15.0 Å². The molecule has 2 N–H and O–H groups in total. The van der Waals surface area contributed by atoms with Crippen molar-refractivity contribution in [3.05, 3.63) is 64.9 Å². The number of nitrogens with one attached hydrogen (secondary N) is 2. The molecule has 3 aromatic rings. The smallest absolute Gasteiger partial charge is 0.257 e. The molecule has 1 amide bonds. The minimum Gasteiger partial charge on any atom is -0.348 e. The number of amides is 1. The highest BCUT2D eigenvalue weighted by Gasteiger charge is 2.17. The lowest BCUT2D eigenvalue weighted by atomic mass is 10.2. The molecule has 0 spiro atoms. The minimum absolute atomic E-state index is 0.102. The van der Waals surface area contributed by atoms with Gasteiger partial charge in [-0.05, 0) is 24.3 Å². The molecule has 0 aliphatic heterocycles. The van der Waals surface area contributed by atoms with Crippen LogP contribution in [0.1, 0.15) is 10.4 Å². The van der Waals surface area contributed by atoms with Crippen LogP contribution in [0.25, 0.3) is 11.4 Å². The van der Waals surface area contributed by atoms with E-state index in [1.165, 1.54) is 35.0 Å². The van der Waals surface area contributed by atoms with E-state index in [-0.39, 0.29) is 33.3 Å². The lowest BCUT2D eigenvalue weighted by Gasteiger charge is -2.09. The molecule has 0 unspecified atom stereocenters. The molecule has 2 aromatic heterocycles. The highest BCUT2D eigenvalue weighted by molar-refractivity contribution is 7.92. The Bertz CT molecular complexity index is 1210. The van der Waals surface area contributed by atoms with Gasteiger partial charge in [0.15, 0.2) is 5.82 Å². The van der Waals surface area contributed by atoms with E-state index in [9.17, 15) is 22.0 Å². The van der Waals surface area contributed by atoms with E-state index in [1.807, 2.05) is 0 Å². The summed E-state index contributed by atoms with van der Waals surface area (Å²) in [5.74, 6) is -2.20. The molecule has 0 fully saturated rings. The normalized spacial score (nSPS) is 11.3. The Morgan fingerprint density at radius 1 is 1.14 bits per heavy atom. The molecule has 11 heteroatoms. The van der Waals surface area contributed by atoms with Crippen molar-refractivity contribution >= 4 is 38.9 Å². The maximum absolute atomic E-state index is 14.0. The number of hydrogen-bond donors (Lipinski definition) is 2. The summed E-state index contributed by atoms with van der Waals surface area (Å²) < 4.78 is 53.6. The molecule has 0 bridgehead atoms. The number of carbonyl (C=O) groups is 1. The topological polar surface area (TPSA) is 93.1 Å². The van der Waals surface area contributed by atoms with Crippen LogP contribution in [0.3, 0.4) is 0 Å². The second kappa shape index (κ2) is 7.80. The first-order chi connectivity index (χ1) is 13.5. The summed E-state index contributed by atoms with van der Waals surface area (Å²) in [5, 5.41) is 2.80. The zero-order valence-corrected chi connectivity index (χ0v) is 16.8. The first kappa shape index (κ1) is 20.7. The van der Waals surface area contributed by atoms with Crippen LogP contribution in [0.2, 0.25) is 5.02 Å². The molecule has 29 heavy (non-hydrogen) atoms. The average molecular weight is 441 g/mol. The van der Waals surface area contributed by atoms with E-state index >= 15 is 0 Å². The van der Waals surface area contributed by atoms with Crippen molar-refractivity contribution in [1.29, 1.82) is 0 Å².